The van der Waals surface area contributed by atoms with Crippen LogP contribution in [-0.2, 0) is 20.3 Å². The highest BCUT2D eigenvalue weighted by Gasteiger charge is 2.41. The maximum Gasteiger partial charge on any atom is 0.408 e. The van der Waals surface area contributed by atoms with E-state index in [1.54, 1.807) is 51.1 Å². The third-order valence-corrected chi connectivity index (χ3v) is 6.13. The Labute approximate surface area is 209 Å². The van der Waals surface area contributed by atoms with Crippen LogP contribution < -0.4 is 10.1 Å². The first kappa shape index (κ1) is 29.1. The molecule has 0 aliphatic rings. The molecule has 36 heavy (non-hydrogen) atoms. The lowest BCUT2D eigenvalue weighted by molar-refractivity contribution is -0.151. The number of nitrogens with one attached hydrogen (secondary N) is 1. The number of hydrogen-bond donors (Lipinski definition) is 2. The van der Waals surface area contributed by atoms with Crippen molar-refractivity contribution in [3.8, 4) is 11.5 Å². The number of aromatic nitrogens is 1. The maximum absolute atomic E-state index is 13.7. The number of hydrogen-bond acceptors (Lipinski definition) is 6. The molecule has 1 heterocycles. The number of benzene rings is 1. The number of alkyl halides is 3. The molecule has 0 saturated heterocycles. The van der Waals surface area contributed by atoms with E-state index in [0.717, 1.165) is 0 Å². The number of aliphatic carboxylic acids is 1. The average Bonchev–Trinajstić information content (AvgIpc) is 2.76. The van der Waals surface area contributed by atoms with E-state index in [-0.39, 0.29) is 29.4 Å². The molecule has 2 aromatic rings. The molecular formula is C24H29F3N2O6S. The number of carbonyl (C=O) groups is 2. The summed E-state index contributed by atoms with van der Waals surface area (Å²) in [5, 5.41) is 11.5. The van der Waals surface area contributed by atoms with Crippen LogP contribution in [0.1, 0.15) is 45.2 Å². The zero-order valence-electron chi connectivity index (χ0n) is 20.1. The molecule has 2 N–H and O–H groups in total. The largest absolute Gasteiger partial charge is 0.480 e. The Morgan fingerprint density at radius 1 is 1.03 bits per heavy atom. The molecule has 198 valence electrons. The number of rotatable bonds is 11. The highest BCUT2D eigenvalue weighted by molar-refractivity contribution is 7.84. The second kappa shape index (κ2) is 12.7. The van der Waals surface area contributed by atoms with Gasteiger partial charge in [-0.2, -0.15) is 13.2 Å². The molecule has 0 spiro atoms. The molecule has 0 bridgehead atoms. The number of para-hydroxylation sites is 1. The number of carboxylic acid groups (broad SMARTS) is 1. The third-order valence-electron chi connectivity index (χ3n) is 4.75. The van der Waals surface area contributed by atoms with E-state index in [2.05, 4.69) is 10.3 Å². The van der Waals surface area contributed by atoms with E-state index >= 15 is 0 Å². The molecule has 0 fully saturated rings. The predicted octanol–water partition coefficient (Wildman–Crippen LogP) is 5.03. The first-order valence-electron chi connectivity index (χ1n) is 11.1. The molecule has 0 aliphatic carbocycles. The summed E-state index contributed by atoms with van der Waals surface area (Å²) in [6.07, 6.45) is -5.12. The van der Waals surface area contributed by atoms with Crippen molar-refractivity contribution < 1.29 is 41.5 Å². The number of pyridine rings is 1. The summed E-state index contributed by atoms with van der Waals surface area (Å²) in [4.78, 5) is 27.1. The lowest BCUT2D eigenvalue weighted by Gasteiger charge is -2.22. The molecule has 3 unspecified atom stereocenters. The van der Waals surface area contributed by atoms with Gasteiger partial charge < -0.3 is 19.9 Å². The summed E-state index contributed by atoms with van der Waals surface area (Å²) in [5.74, 6) is -3.08. The van der Waals surface area contributed by atoms with Crippen molar-refractivity contribution in [1.29, 1.82) is 0 Å². The van der Waals surface area contributed by atoms with E-state index in [4.69, 9.17) is 9.47 Å². The molecule has 8 nitrogen and oxygen atoms in total. The van der Waals surface area contributed by atoms with Gasteiger partial charge in [-0.3, -0.25) is 9.19 Å². The minimum Gasteiger partial charge on any atom is -0.480 e. The standard InChI is InChI=1S/C24H29F3N2O6S/c1-23(2,3)35-22(32)29-20(21(30)31)12-14-36(33)13-11-18(24(25,26)27)19-10-9-17(15-28-19)34-16-7-5-4-6-8-16/h4-10,15,18,20H,11-14H2,1-3H3,(H,29,32)(H,30,31). The van der Waals surface area contributed by atoms with Crippen LogP contribution in [0.4, 0.5) is 18.0 Å². The van der Waals surface area contributed by atoms with Gasteiger partial charge in [0.25, 0.3) is 0 Å². The smallest absolute Gasteiger partial charge is 0.408 e. The average molecular weight is 531 g/mol. The maximum atomic E-state index is 13.7. The molecule has 0 radical (unpaired) electrons. The highest BCUT2D eigenvalue weighted by Crippen LogP contribution is 2.37. The van der Waals surface area contributed by atoms with Gasteiger partial charge >= 0.3 is 18.2 Å². The molecule has 1 aromatic heterocycles. The molecule has 0 aliphatic heterocycles. The number of nitrogens with zero attached hydrogens (tertiary/aromatic N) is 1. The fourth-order valence-electron chi connectivity index (χ4n) is 3.07. The number of halogens is 3. The van der Waals surface area contributed by atoms with Crippen LogP contribution in [0.3, 0.4) is 0 Å². The monoisotopic (exact) mass is 530 g/mol. The predicted molar refractivity (Wildman–Crippen MR) is 127 cm³/mol. The van der Waals surface area contributed by atoms with E-state index in [9.17, 15) is 32.1 Å². The van der Waals surface area contributed by atoms with Gasteiger partial charge in [0.15, 0.2) is 0 Å². The van der Waals surface area contributed by atoms with Crippen LogP contribution in [0.2, 0.25) is 0 Å². The minimum absolute atomic E-state index is 0.214. The van der Waals surface area contributed by atoms with E-state index in [1.807, 2.05) is 0 Å². The van der Waals surface area contributed by atoms with Gasteiger partial charge in [-0.1, -0.05) is 18.2 Å². The molecular weight excluding hydrogens is 501 g/mol. The summed E-state index contributed by atoms with van der Waals surface area (Å²) in [5.41, 5.74) is -1.09. The van der Waals surface area contributed by atoms with Crippen LogP contribution in [-0.4, -0.2) is 55.7 Å². The topological polar surface area (TPSA) is 115 Å². The van der Waals surface area contributed by atoms with Crippen LogP contribution >= 0.6 is 0 Å². The number of ether oxygens (including phenoxy) is 2. The first-order chi connectivity index (χ1) is 16.7. The fraction of sp³-hybridized carbons (Fsp3) is 0.458. The van der Waals surface area contributed by atoms with Crippen LogP contribution in [0, 0.1) is 0 Å². The zero-order valence-corrected chi connectivity index (χ0v) is 20.9. The summed E-state index contributed by atoms with van der Waals surface area (Å²) in [7, 11) is -1.76. The van der Waals surface area contributed by atoms with Crippen molar-refractivity contribution >= 4 is 22.9 Å². The Balaban J connectivity index is 1.95. The van der Waals surface area contributed by atoms with Crippen LogP contribution in [0.25, 0.3) is 0 Å². The lowest BCUT2D eigenvalue weighted by atomic mass is 10.0. The van der Waals surface area contributed by atoms with Gasteiger partial charge in [0.05, 0.1) is 17.8 Å². The zero-order chi connectivity index (χ0) is 26.9. The SMILES string of the molecule is CC(C)(C)OC(=O)NC(CCS(=O)CCC(c1ccc(Oc2ccccc2)cn1)C(F)(F)F)C(=O)O. The van der Waals surface area contributed by atoms with E-state index < -0.39 is 53.0 Å². The first-order valence-corrected chi connectivity index (χ1v) is 12.6. The van der Waals surface area contributed by atoms with Crippen LogP contribution in [0.15, 0.2) is 48.7 Å². The number of alkyl carbamates (subject to hydrolysis) is 1. The van der Waals surface area contributed by atoms with Crippen molar-refractivity contribution in [2.75, 3.05) is 11.5 Å². The highest BCUT2D eigenvalue weighted by atomic mass is 32.2. The third kappa shape index (κ3) is 10.2. The van der Waals surface area contributed by atoms with Gasteiger partial charge in [-0.15, -0.1) is 0 Å². The molecule has 3 atom stereocenters. The number of amides is 1. The van der Waals surface area contributed by atoms with Crippen molar-refractivity contribution in [1.82, 2.24) is 10.3 Å². The number of carbonyl (C=O) groups excluding carboxylic acids is 1. The van der Waals surface area contributed by atoms with Gasteiger partial charge in [0.2, 0.25) is 0 Å². The van der Waals surface area contributed by atoms with Crippen molar-refractivity contribution in [3.05, 3.63) is 54.4 Å². The van der Waals surface area contributed by atoms with E-state index in [0.29, 0.717) is 5.75 Å². The Morgan fingerprint density at radius 3 is 2.19 bits per heavy atom. The van der Waals surface area contributed by atoms with Gasteiger partial charge in [0.1, 0.15) is 23.1 Å². The van der Waals surface area contributed by atoms with E-state index in [1.165, 1.54) is 18.3 Å². The molecule has 1 aromatic carbocycles. The fourth-order valence-corrected chi connectivity index (χ4v) is 4.27. The Kier molecular flexibility index (Phi) is 10.3. The second-order valence-electron chi connectivity index (χ2n) is 8.89. The molecule has 1 amide bonds. The number of carboxylic acids is 1. The van der Waals surface area contributed by atoms with Gasteiger partial charge in [0, 0.05) is 22.3 Å². The quantitative estimate of drug-likeness (QED) is 0.419. The minimum atomic E-state index is -4.62. The van der Waals surface area contributed by atoms with Crippen molar-refractivity contribution in [3.63, 3.8) is 0 Å². The summed E-state index contributed by atoms with van der Waals surface area (Å²) in [6.45, 7) is 4.81. The summed E-state index contributed by atoms with van der Waals surface area (Å²) < 4.78 is 64.0. The summed E-state index contributed by atoms with van der Waals surface area (Å²) in [6, 6.07) is 9.90. The summed E-state index contributed by atoms with van der Waals surface area (Å²) >= 11 is 0. The van der Waals surface area contributed by atoms with Crippen LogP contribution in [0.5, 0.6) is 11.5 Å². The Morgan fingerprint density at radius 2 is 1.67 bits per heavy atom. The molecule has 2 rings (SSSR count). The second-order valence-corrected chi connectivity index (χ2v) is 10.6. The van der Waals surface area contributed by atoms with Gasteiger partial charge in [-0.05, 0) is 57.9 Å². The lowest BCUT2D eigenvalue weighted by Crippen LogP contribution is -2.44. The molecule has 12 heteroatoms. The van der Waals surface area contributed by atoms with Gasteiger partial charge in [-0.25, -0.2) is 9.59 Å². The Bertz CT molecular complexity index is 1030. The van der Waals surface area contributed by atoms with Crippen molar-refractivity contribution in [2.45, 2.75) is 57.3 Å². The normalized spacial score (nSPS) is 14.4. The Hall–Kier alpha value is -3.15. The molecule has 0 saturated carbocycles. The van der Waals surface area contributed by atoms with Crippen molar-refractivity contribution in [2.24, 2.45) is 0 Å².